The first-order valence-electron chi connectivity index (χ1n) is 2.34. The number of allylic oxidation sites excluding steroid dienone is 2. The van der Waals surface area contributed by atoms with Crippen LogP contribution in [0.3, 0.4) is 0 Å². The summed E-state index contributed by atoms with van der Waals surface area (Å²) in [6.07, 6.45) is -10.5. The van der Waals surface area contributed by atoms with Crippen molar-refractivity contribution in [1.29, 1.82) is 0 Å². The van der Waals surface area contributed by atoms with Gasteiger partial charge >= 0.3 is 6.18 Å². The van der Waals surface area contributed by atoms with Crippen LogP contribution in [0.5, 0.6) is 0 Å². The fourth-order valence-electron chi connectivity index (χ4n) is 0.296. The normalized spacial score (nSPS) is 14.7. The third kappa shape index (κ3) is 3.99. The van der Waals surface area contributed by atoms with Gasteiger partial charge < -0.3 is 10.9 Å². The fraction of sp³-hybridized carbons (Fsp3) is 0.400. The van der Waals surface area contributed by atoms with Crippen molar-refractivity contribution in [2.75, 3.05) is 0 Å². The summed E-state index contributed by atoms with van der Waals surface area (Å²) >= 11 is 0. The molecule has 0 atom stereocenters. The Hall–Kier alpha value is -1.01. The Kier molecular flexibility index (Phi) is 2.89. The summed E-state index contributed by atoms with van der Waals surface area (Å²) in [6.45, 7) is 0. The lowest BCUT2D eigenvalue weighted by atomic mass is 10.2. The molecule has 0 aliphatic heterocycles. The van der Waals surface area contributed by atoms with E-state index in [-0.39, 0.29) is 12.4 Å². The van der Waals surface area contributed by atoms with Crippen molar-refractivity contribution < 1.29 is 31.1 Å². The van der Waals surface area contributed by atoms with Gasteiger partial charge in [0.25, 0.3) is 6.18 Å². The molecule has 0 aromatic heterocycles. The first kappa shape index (κ1) is 11.0. The molecule has 0 spiro atoms. The maximum Gasteiger partial charge on any atom is 0.358 e. The number of hydrogen-bond acceptors (Lipinski definition) is 1. The van der Waals surface area contributed by atoms with Crippen LogP contribution in [0.2, 0.25) is 0 Å². The third-order valence-electron chi connectivity index (χ3n) is 0.652. The molecule has 0 aromatic carbocycles. The summed E-state index contributed by atoms with van der Waals surface area (Å²) in [5.41, 5.74) is -2.49. The van der Waals surface area contributed by atoms with E-state index >= 15 is 0 Å². The van der Waals surface area contributed by atoms with Crippen LogP contribution < -0.4 is 0 Å². The van der Waals surface area contributed by atoms with E-state index in [2.05, 4.69) is 0 Å². The highest BCUT2D eigenvalue weighted by atomic mass is 19.4. The molecule has 7 heteroatoms. The second-order valence-corrected chi connectivity index (χ2v) is 1.60. The molecular weight excluding hydrogens is 190 g/mol. The Morgan fingerprint density at radius 3 is 1.50 bits per heavy atom. The summed E-state index contributed by atoms with van der Waals surface area (Å²) in [6, 6.07) is 0. The molecule has 0 fully saturated rings. The van der Waals surface area contributed by atoms with Crippen molar-refractivity contribution in [1.82, 2.24) is 0 Å². The lowest BCUT2D eigenvalue weighted by Gasteiger charge is -2.26. The second kappa shape index (κ2) is 3.16. The topological polar surface area (TPSA) is 17.1 Å². The minimum Gasteiger partial charge on any atom is -0.540 e. The first-order valence-corrected chi connectivity index (χ1v) is 2.34. The quantitative estimate of drug-likeness (QED) is 0.351. The van der Waals surface area contributed by atoms with Crippen molar-refractivity contribution in [3.63, 3.8) is 0 Å². The molecule has 0 aliphatic carbocycles. The maximum absolute atomic E-state index is 11.4. The predicted molar refractivity (Wildman–Crippen MR) is 24.6 cm³/mol. The number of carbonyl (C=O) groups excluding carboxylic acids is 1. The molecule has 0 amide bonds. The average molecular weight is 190 g/mol. The van der Waals surface area contributed by atoms with Crippen LogP contribution in [0.1, 0.15) is 0 Å². The monoisotopic (exact) mass is 190 g/mol. The number of halogens is 6. The van der Waals surface area contributed by atoms with Crippen LogP contribution in [-0.2, 0) is 4.79 Å². The van der Waals surface area contributed by atoms with Crippen LogP contribution in [-0.4, -0.2) is 18.6 Å². The molecule has 1 nitrogen and oxygen atoms in total. The largest absolute Gasteiger partial charge is 0.540 e. The van der Waals surface area contributed by atoms with E-state index < -0.39 is 17.9 Å². The zero-order valence-corrected chi connectivity index (χ0v) is 5.18. The lowest BCUT2D eigenvalue weighted by Crippen LogP contribution is -2.17. The standard InChI is InChI=1S/C5F6O/c6-4(7,8)1-3(2-12)5(9,10)11/q-2. The molecule has 0 rings (SSSR count). The Labute approximate surface area is 62.7 Å². The van der Waals surface area contributed by atoms with Gasteiger partial charge in [-0.05, 0) is 0 Å². The molecule has 0 unspecified atom stereocenters. The Morgan fingerprint density at radius 1 is 1.00 bits per heavy atom. The molecule has 0 bridgehead atoms. The highest BCUT2D eigenvalue weighted by molar-refractivity contribution is 5.75. The number of hydrogen-bond donors (Lipinski definition) is 0. The molecule has 0 radical (unpaired) electrons. The van der Waals surface area contributed by atoms with Gasteiger partial charge in [-0.25, -0.2) is 13.2 Å². The van der Waals surface area contributed by atoms with Crippen LogP contribution in [0.15, 0.2) is 5.57 Å². The summed E-state index contributed by atoms with van der Waals surface area (Å²) in [7, 11) is 0. The molecule has 70 valence electrons. The van der Waals surface area contributed by atoms with Gasteiger partial charge in [0.1, 0.15) is 0 Å². The van der Waals surface area contributed by atoms with E-state index in [1.807, 2.05) is 0 Å². The third-order valence-corrected chi connectivity index (χ3v) is 0.652. The Balaban J connectivity index is 4.81. The van der Waals surface area contributed by atoms with Crippen molar-refractivity contribution in [3.05, 3.63) is 11.6 Å². The van der Waals surface area contributed by atoms with Gasteiger partial charge in [-0.3, -0.25) is 11.9 Å². The van der Waals surface area contributed by atoms with Gasteiger partial charge in [-0.15, -0.1) is 0 Å². The number of rotatable bonds is 1. The Bertz CT molecular complexity index is 197. The van der Waals surface area contributed by atoms with Gasteiger partial charge in [-0.2, -0.15) is 13.2 Å². The van der Waals surface area contributed by atoms with E-state index in [0.717, 1.165) is 0 Å². The average Bonchev–Trinajstić information content (AvgIpc) is 1.78. The molecule has 0 aliphatic rings. The van der Waals surface area contributed by atoms with Gasteiger partial charge in [0.15, 0.2) is 0 Å². The summed E-state index contributed by atoms with van der Waals surface area (Å²) in [5.74, 6) is 0. The molecule has 12 heavy (non-hydrogen) atoms. The predicted octanol–water partition coefficient (Wildman–Crippen LogP) is 1.95. The zero-order chi connectivity index (χ0) is 9.99. The van der Waals surface area contributed by atoms with Gasteiger partial charge in [0.2, 0.25) is 0 Å². The van der Waals surface area contributed by atoms with Crippen molar-refractivity contribution in [2.45, 2.75) is 12.4 Å². The summed E-state index contributed by atoms with van der Waals surface area (Å²) < 4.78 is 67.8. The van der Waals surface area contributed by atoms with Crippen LogP contribution in [0, 0.1) is 6.08 Å². The van der Waals surface area contributed by atoms with E-state index in [1.165, 1.54) is 0 Å². The summed E-state index contributed by atoms with van der Waals surface area (Å²) in [4.78, 5) is 9.38. The molecule has 0 saturated heterocycles. The van der Waals surface area contributed by atoms with Crippen LogP contribution in [0.25, 0.3) is 0 Å². The van der Waals surface area contributed by atoms with E-state index in [4.69, 9.17) is 0 Å². The van der Waals surface area contributed by atoms with Crippen molar-refractivity contribution >= 4 is 6.29 Å². The second-order valence-electron chi connectivity index (χ2n) is 1.60. The first-order chi connectivity index (χ1) is 5.17. The molecule has 0 aromatic rings. The van der Waals surface area contributed by atoms with E-state index in [1.54, 1.807) is 0 Å². The highest BCUT2D eigenvalue weighted by Gasteiger charge is 2.22. The van der Waals surface area contributed by atoms with Gasteiger partial charge in [0, 0.05) is 0 Å². The molecular formula is C5F6O-2. The SMILES string of the molecule is O=[C-]C(=[C-]C(F)(F)F)C(F)(F)F. The molecule has 0 heterocycles. The highest BCUT2D eigenvalue weighted by Crippen LogP contribution is 2.27. The summed E-state index contributed by atoms with van der Waals surface area (Å²) in [5, 5.41) is 0. The van der Waals surface area contributed by atoms with E-state index in [9.17, 15) is 31.1 Å². The lowest BCUT2D eigenvalue weighted by molar-refractivity contribution is -0.108. The smallest absolute Gasteiger partial charge is 0.358 e. The minimum absolute atomic E-state index is 0.0139. The maximum atomic E-state index is 11.4. The number of alkyl halides is 6. The van der Waals surface area contributed by atoms with Gasteiger partial charge in [-0.1, -0.05) is 0 Å². The Morgan fingerprint density at radius 2 is 1.42 bits per heavy atom. The molecule has 0 saturated carbocycles. The molecule has 0 N–H and O–H groups in total. The zero-order valence-electron chi connectivity index (χ0n) is 5.18. The van der Waals surface area contributed by atoms with Crippen molar-refractivity contribution in [2.24, 2.45) is 0 Å². The van der Waals surface area contributed by atoms with Crippen molar-refractivity contribution in [3.8, 4) is 0 Å². The minimum atomic E-state index is -5.36. The fourth-order valence-corrected chi connectivity index (χ4v) is 0.296. The van der Waals surface area contributed by atoms with E-state index in [0.29, 0.717) is 0 Å². The van der Waals surface area contributed by atoms with Gasteiger partial charge in [0.05, 0.1) is 0 Å². The van der Waals surface area contributed by atoms with Crippen LogP contribution >= 0.6 is 0 Å². The van der Waals surface area contributed by atoms with Crippen LogP contribution in [0.4, 0.5) is 26.3 Å².